The number of amides is 1. The molecular formula is C10H9N4O3S3-. The van der Waals surface area contributed by atoms with Crippen LogP contribution >= 0.6 is 34.4 Å². The van der Waals surface area contributed by atoms with Gasteiger partial charge in [-0.3, -0.25) is 4.79 Å². The molecule has 2 heterocycles. The lowest BCUT2D eigenvalue weighted by molar-refractivity contribution is -0.304. The molecule has 0 aliphatic rings. The molecule has 0 aliphatic carbocycles. The van der Waals surface area contributed by atoms with Gasteiger partial charge in [0.2, 0.25) is 5.91 Å². The van der Waals surface area contributed by atoms with E-state index >= 15 is 0 Å². The number of aryl methyl sites for hydroxylation is 1. The van der Waals surface area contributed by atoms with E-state index in [2.05, 4.69) is 20.5 Å². The molecule has 2 aromatic rings. The number of thiazole rings is 1. The Hall–Kier alpha value is -1.52. The maximum atomic E-state index is 11.7. The zero-order valence-electron chi connectivity index (χ0n) is 10.3. The summed E-state index contributed by atoms with van der Waals surface area (Å²) in [7, 11) is 0. The zero-order chi connectivity index (χ0) is 14.5. The van der Waals surface area contributed by atoms with Crippen LogP contribution in [0.1, 0.15) is 10.7 Å². The standard InChI is InChI=1S/C10H10N4O3S3/c1-5-13-14-10(20-5)19-4-7(15)12-9-11-6(3-18-9)2-8(16)17/h3H,2,4H2,1H3,(H,16,17)(H,11,12,15)/p-1. The summed E-state index contributed by atoms with van der Waals surface area (Å²) in [5.74, 6) is -1.23. The largest absolute Gasteiger partial charge is 0.550 e. The lowest BCUT2D eigenvalue weighted by Crippen LogP contribution is -2.24. The molecule has 1 amide bonds. The Kier molecular flexibility index (Phi) is 5.04. The Morgan fingerprint density at radius 1 is 1.45 bits per heavy atom. The third-order valence-corrected chi connectivity index (χ3v) is 4.74. The number of carbonyl (C=O) groups excluding carboxylic acids is 2. The van der Waals surface area contributed by atoms with Crippen molar-refractivity contribution < 1.29 is 14.7 Å². The second kappa shape index (κ2) is 6.77. The molecule has 1 N–H and O–H groups in total. The molecule has 0 bridgehead atoms. The van der Waals surface area contributed by atoms with Gasteiger partial charge in [-0.15, -0.1) is 21.5 Å². The van der Waals surface area contributed by atoms with Crippen LogP contribution in [0.5, 0.6) is 0 Å². The molecule has 2 aromatic heterocycles. The van der Waals surface area contributed by atoms with Crippen LogP contribution in [-0.2, 0) is 16.0 Å². The quantitative estimate of drug-likeness (QED) is 0.761. The summed E-state index contributed by atoms with van der Waals surface area (Å²) in [4.78, 5) is 26.1. The average Bonchev–Trinajstić information content (AvgIpc) is 2.95. The van der Waals surface area contributed by atoms with E-state index in [0.29, 0.717) is 10.8 Å². The van der Waals surface area contributed by atoms with Gasteiger partial charge in [0.25, 0.3) is 0 Å². The number of aromatic nitrogens is 3. The molecule has 0 radical (unpaired) electrons. The number of carboxylic acid groups (broad SMARTS) is 1. The normalized spacial score (nSPS) is 10.4. The van der Waals surface area contributed by atoms with Crippen molar-refractivity contribution in [2.24, 2.45) is 0 Å². The van der Waals surface area contributed by atoms with Crippen LogP contribution in [-0.4, -0.2) is 32.8 Å². The van der Waals surface area contributed by atoms with Crippen molar-refractivity contribution in [3.05, 3.63) is 16.1 Å². The molecule has 20 heavy (non-hydrogen) atoms. The number of hydrogen-bond donors (Lipinski definition) is 1. The average molecular weight is 329 g/mol. The fourth-order valence-electron chi connectivity index (χ4n) is 1.21. The van der Waals surface area contributed by atoms with Crippen LogP contribution in [0.25, 0.3) is 0 Å². The second-order valence-corrected chi connectivity index (χ2v) is 6.88. The van der Waals surface area contributed by atoms with Gasteiger partial charge in [0.1, 0.15) is 5.01 Å². The molecule has 0 fully saturated rings. The Morgan fingerprint density at radius 2 is 2.25 bits per heavy atom. The van der Waals surface area contributed by atoms with E-state index in [9.17, 15) is 14.7 Å². The third-order valence-electron chi connectivity index (χ3n) is 1.96. The van der Waals surface area contributed by atoms with Gasteiger partial charge >= 0.3 is 0 Å². The Morgan fingerprint density at radius 3 is 2.90 bits per heavy atom. The van der Waals surface area contributed by atoms with E-state index in [1.54, 1.807) is 5.38 Å². The summed E-state index contributed by atoms with van der Waals surface area (Å²) in [6.07, 6.45) is -0.259. The molecule has 7 nitrogen and oxygen atoms in total. The van der Waals surface area contributed by atoms with Gasteiger partial charge in [0, 0.05) is 17.8 Å². The van der Waals surface area contributed by atoms with E-state index in [0.717, 1.165) is 9.35 Å². The Balaban J connectivity index is 1.82. The number of carbonyl (C=O) groups is 2. The van der Waals surface area contributed by atoms with Crippen molar-refractivity contribution >= 4 is 51.4 Å². The first-order valence-electron chi connectivity index (χ1n) is 5.40. The van der Waals surface area contributed by atoms with Gasteiger partial charge < -0.3 is 15.2 Å². The molecular weight excluding hydrogens is 320 g/mol. The minimum Gasteiger partial charge on any atom is -0.550 e. The predicted octanol–water partition coefficient (Wildman–Crippen LogP) is 0.326. The molecule has 0 saturated heterocycles. The van der Waals surface area contributed by atoms with Gasteiger partial charge in [-0.1, -0.05) is 23.1 Å². The van der Waals surface area contributed by atoms with Crippen molar-refractivity contribution in [2.45, 2.75) is 17.7 Å². The monoisotopic (exact) mass is 329 g/mol. The topological polar surface area (TPSA) is 108 Å². The second-order valence-electron chi connectivity index (χ2n) is 3.62. The summed E-state index contributed by atoms with van der Waals surface area (Å²) < 4.78 is 0.731. The van der Waals surface area contributed by atoms with E-state index in [1.165, 1.54) is 34.4 Å². The van der Waals surface area contributed by atoms with Crippen molar-refractivity contribution in [3.63, 3.8) is 0 Å². The first kappa shape index (κ1) is 14.9. The molecule has 10 heteroatoms. The number of nitrogens with one attached hydrogen (secondary N) is 1. The van der Waals surface area contributed by atoms with Crippen LogP contribution in [0.15, 0.2) is 9.72 Å². The van der Waals surface area contributed by atoms with Gasteiger partial charge in [0.05, 0.1) is 11.4 Å². The lowest BCUT2D eigenvalue weighted by Gasteiger charge is -1.99. The highest BCUT2D eigenvalue weighted by molar-refractivity contribution is 8.01. The zero-order valence-corrected chi connectivity index (χ0v) is 12.7. The third kappa shape index (κ3) is 4.54. The molecule has 0 unspecified atom stereocenters. The van der Waals surface area contributed by atoms with Crippen molar-refractivity contribution in [1.29, 1.82) is 0 Å². The van der Waals surface area contributed by atoms with Gasteiger partial charge in [-0.05, 0) is 6.92 Å². The molecule has 0 atom stereocenters. The maximum Gasteiger partial charge on any atom is 0.236 e. The Labute approximate surface area is 126 Å². The summed E-state index contributed by atoms with van der Waals surface area (Å²) >= 11 is 3.89. The van der Waals surface area contributed by atoms with Crippen molar-refractivity contribution in [1.82, 2.24) is 15.2 Å². The predicted molar refractivity (Wildman–Crippen MR) is 74.8 cm³/mol. The van der Waals surface area contributed by atoms with Crippen LogP contribution in [0.2, 0.25) is 0 Å². The molecule has 0 saturated carbocycles. The highest BCUT2D eigenvalue weighted by Crippen LogP contribution is 2.22. The van der Waals surface area contributed by atoms with Crippen molar-refractivity contribution in [2.75, 3.05) is 11.1 Å². The van der Waals surface area contributed by atoms with Crippen LogP contribution < -0.4 is 10.4 Å². The smallest absolute Gasteiger partial charge is 0.236 e. The summed E-state index contributed by atoms with van der Waals surface area (Å²) in [6, 6.07) is 0. The Bertz CT molecular complexity index is 625. The van der Waals surface area contributed by atoms with Crippen LogP contribution in [0, 0.1) is 6.92 Å². The van der Waals surface area contributed by atoms with E-state index < -0.39 is 5.97 Å². The number of carboxylic acids is 1. The maximum absolute atomic E-state index is 11.7. The summed E-state index contributed by atoms with van der Waals surface area (Å²) in [5, 5.41) is 23.6. The molecule has 0 spiro atoms. The number of anilines is 1. The van der Waals surface area contributed by atoms with Crippen LogP contribution in [0.3, 0.4) is 0 Å². The highest BCUT2D eigenvalue weighted by atomic mass is 32.2. The molecule has 2 rings (SSSR count). The number of aliphatic carboxylic acids is 1. The highest BCUT2D eigenvalue weighted by Gasteiger charge is 2.09. The van der Waals surface area contributed by atoms with Gasteiger partial charge in [0.15, 0.2) is 9.47 Å². The first-order chi connectivity index (χ1) is 9.52. The SMILES string of the molecule is Cc1nnc(SCC(=O)Nc2nc(CC(=O)[O-])cs2)s1. The van der Waals surface area contributed by atoms with E-state index in [-0.39, 0.29) is 18.1 Å². The van der Waals surface area contributed by atoms with Gasteiger partial charge in [-0.2, -0.15) is 0 Å². The first-order valence-corrected chi connectivity index (χ1v) is 8.08. The van der Waals surface area contributed by atoms with Gasteiger partial charge in [-0.25, -0.2) is 4.98 Å². The summed E-state index contributed by atoms with van der Waals surface area (Å²) in [5.41, 5.74) is 0.373. The number of thioether (sulfide) groups is 1. The summed E-state index contributed by atoms with van der Waals surface area (Å²) in [6.45, 7) is 1.84. The number of nitrogens with zero attached hydrogens (tertiary/aromatic N) is 3. The van der Waals surface area contributed by atoms with E-state index in [1.807, 2.05) is 6.92 Å². The lowest BCUT2D eigenvalue weighted by atomic mass is 10.3. The minimum absolute atomic E-state index is 0.198. The van der Waals surface area contributed by atoms with Crippen LogP contribution in [0.4, 0.5) is 5.13 Å². The van der Waals surface area contributed by atoms with E-state index in [4.69, 9.17) is 0 Å². The minimum atomic E-state index is -1.20. The number of rotatable bonds is 6. The number of hydrogen-bond acceptors (Lipinski definition) is 9. The molecule has 0 aliphatic heterocycles. The fourth-order valence-corrected chi connectivity index (χ4v) is 3.55. The van der Waals surface area contributed by atoms with Crippen molar-refractivity contribution in [3.8, 4) is 0 Å². The fraction of sp³-hybridized carbons (Fsp3) is 0.300. The molecule has 106 valence electrons. The molecule has 0 aromatic carbocycles.